The highest BCUT2D eigenvalue weighted by atomic mass is 32.2. The molecular formula is C17H14N6O2S. The smallest absolute Gasteiger partial charge is 0.278 e. The molecule has 3 rings (SSSR count). The van der Waals surface area contributed by atoms with Crippen LogP contribution >= 0.6 is 11.8 Å². The minimum atomic E-state index is -0.550. The summed E-state index contributed by atoms with van der Waals surface area (Å²) in [6.45, 7) is 0. The number of primary amides is 1. The van der Waals surface area contributed by atoms with Gasteiger partial charge in [-0.25, -0.2) is 9.97 Å². The average molecular weight is 366 g/mol. The molecule has 130 valence electrons. The van der Waals surface area contributed by atoms with Crippen molar-refractivity contribution in [2.45, 2.75) is 9.92 Å². The Morgan fingerprint density at radius 1 is 1.08 bits per heavy atom. The van der Waals surface area contributed by atoms with Gasteiger partial charge in [-0.2, -0.15) is 0 Å². The van der Waals surface area contributed by atoms with Crippen LogP contribution in [0.25, 0.3) is 0 Å². The monoisotopic (exact) mass is 366 g/mol. The third-order valence-corrected chi connectivity index (χ3v) is 4.26. The predicted octanol–water partition coefficient (Wildman–Crippen LogP) is 1.96. The highest BCUT2D eigenvalue weighted by Crippen LogP contribution is 2.29. The van der Waals surface area contributed by atoms with Crippen LogP contribution in [0.2, 0.25) is 0 Å². The molecule has 1 aromatic carbocycles. The van der Waals surface area contributed by atoms with Crippen LogP contribution in [0.4, 0.5) is 11.5 Å². The molecule has 0 spiro atoms. The lowest BCUT2D eigenvalue weighted by atomic mass is 10.2. The van der Waals surface area contributed by atoms with Crippen LogP contribution in [-0.4, -0.2) is 26.8 Å². The Morgan fingerprint density at radius 2 is 1.88 bits per heavy atom. The van der Waals surface area contributed by atoms with Crippen molar-refractivity contribution in [1.29, 1.82) is 0 Å². The van der Waals surface area contributed by atoms with Crippen molar-refractivity contribution in [3.05, 3.63) is 66.2 Å². The molecule has 26 heavy (non-hydrogen) atoms. The van der Waals surface area contributed by atoms with Gasteiger partial charge in [0.15, 0.2) is 11.5 Å². The molecule has 0 aliphatic heterocycles. The number of hydrogen-bond donors (Lipinski definition) is 3. The van der Waals surface area contributed by atoms with Crippen molar-refractivity contribution in [2.24, 2.45) is 5.73 Å². The van der Waals surface area contributed by atoms with Gasteiger partial charge in [0, 0.05) is 11.1 Å². The molecule has 5 N–H and O–H groups in total. The molecule has 0 saturated heterocycles. The van der Waals surface area contributed by atoms with Crippen molar-refractivity contribution in [3.63, 3.8) is 0 Å². The van der Waals surface area contributed by atoms with E-state index in [1.165, 1.54) is 24.2 Å². The third kappa shape index (κ3) is 3.95. The summed E-state index contributed by atoms with van der Waals surface area (Å²) >= 11 is 1.17. The summed E-state index contributed by atoms with van der Waals surface area (Å²) in [6.07, 6.45) is 4.53. The number of aromatic nitrogens is 3. The van der Waals surface area contributed by atoms with Crippen molar-refractivity contribution >= 4 is 35.1 Å². The van der Waals surface area contributed by atoms with Crippen molar-refractivity contribution < 1.29 is 9.59 Å². The first kappa shape index (κ1) is 17.4. The summed E-state index contributed by atoms with van der Waals surface area (Å²) in [4.78, 5) is 36.7. The van der Waals surface area contributed by atoms with E-state index in [-0.39, 0.29) is 11.5 Å². The summed E-state index contributed by atoms with van der Waals surface area (Å²) in [5, 5.41) is 3.06. The highest BCUT2D eigenvalue weighted by Gasteiger charge is 2.16. The van der Waals surface area contributed by atoms with E-state index in [0.29, 0.717) is 21.2 Å². The molecule has 0 saturated carbocycles. The lowest BCUT2D eigenvalue weighted by Gasteiger charge is -2.09. The average Bonchev–Trinajstić information content (AvgIpc) is 2.64. The summed E-state index contributed by atoms with van der Waals surface area (Å²) in [5.74, 6) is -1.06. The first-order chi connectivity index (χ1) is 12.5. The zero-order valence-electron chi connectivity index (χ0n) is 13.4. The number of hydrogen-bond acceptors (Lipinski definition) is 7. The molecule has 8 nitrogen and oxygen atoms in total. The fraction of sp³-hybridized carbons (Fsp3) is 0. The number of carbonyl (C=O) groups is 2. The van der Waals surface area contributed by atoms with Gasteiger partial charge in [0.25, 0.3) is 5.91 Å². The molecule has 2 heterocycles. The summed E-state index contributed by atoms with van der Waals surface area (Å²) in [7, 11) is 0. The molecular weight excluding hydrogens is 352 g/mol. The largest absolute Gasteiger partial charge is 0.382 e. The van der Waals surface area contributed by atoms with Gasteiger partial charge in [0.2, 0.25) is 5.91 Å². The number of rotatable bonds is 5. The second-order valence-electron chi connectivity index (χ2n) is 5.10. The van der Waals surface area contributed by atoms with Gasteiger partial charge in [0.05, 0.1) is 23.6 Å². The van der Waals surface area contributed by atoms with E-state index in [1.54, 1.807) is 42.6 Å². The van der Waals surface area contributed by atoms with E-state index in [1.807, 2.05) is 0 Å². The zero-order valence-corrected chi connectivity index (χ0v) is 14.2. The molecule has 9 heteroatoms. The van der Waals surface area contributed by atoms with Crippen LogP contribution in [0, 0.1) is 0 Å². The maximum atomic E-state index is 12.4. The normalized spacial score (nSPS) is 10.3. The van der Waals surface area contributed by atoms with E-state index in [9.17, 15) is 9.59 Å². The molecule has 0 aliphatic rings. The molecule has 3 aromatic rings. The molecule has 0 fully saturated rings. The highest BCUT2D eigenvalue weighted by molar-refractivity contribution is 7.99. The number of nitrogens with two attached hydrogens (primary N) is 2. The van der Waals surface area contributed by atoms with Crippen molar-refractivity contribution in [1.82, 2.24) is 15.0 Å². The molecule has 2 amide bonds. The van der Waals surface area contributed by atoms with Crippen LogP contribution in [0.15, 0.2) is 64.9 Å². The van der Waals surface area contributed by atoms with Crippen LogP contribution in [-0.2, 0) is 0 Å². The Hall–Kier alpha value is -3.46. The second-order valence-corrected chi connectivity index (χ2v) is 6.16. The standard InChI is InChI=1S/C17H14N6O2S/c18-15-14(17(25)22-10-4-3-7-20-8-10)23-13(9-21-15)26-12-6-2-1-5-11(12)16(19)24/h1-9H,(H2,18,21)(H2,19,24)(H,22,25). The molecule has 0 unspecified atom stereocenters. The van der Waals surface area contributed by atoms with Crippen molar-refractivity contribution in [3.8, 4) is 0 Å². The fourth-order valence-electron chi connectivity index (χ4n) is 2.10. The molecule has 0 radical (unpaired) electrons. The van der Waals surface area contributed by atoms with Gasteiger partial charge in [-0.1, -0.05) is 23.9 Å². The van der Waals surface area contributed by atoms with Gasteiger partial charge >= 0.3 is 0 Å². The van der Waals surface area contributed by atoms with Gasteiger partial charge in [-0.15, -0.1) is 0 Å². The maximum Gasteiger partial charge on any atom is 0.278 e. The Kier molecular flexibility index (Phi) is 5.09. The molecule has 2 aromatic heterocycles. The van der Waals surface area contributed by atoms with Crippen LogP contribution < -0.4 is 16.8 Å². The number of pyridine rings is 1. The third-order valence-electron chi connectivity index (χ3n) is 3.28. The van der Waals surface area contributed by atoms with E-state index in [2.05, 4.69) is 20.3 Å². The molecule has 0 bridgehead atoms. The number of nitrogens with zero attached hydrogens (tertiary/aromatic N) is 3. The Labute approximate surface area is 153 Å². The molecule has 0 atom stereocenters. The Bertz CT molecular complexity index is 964. The maximum absolute atomic E-state index is 12.4. The van der Waals surface area contributed by atoms with E-state index >= 15 is 0 Å². The Morgan fingerprint density at radius 3 is 2.62 bits per heavy atom. The fourth-order valence-corrected chi connectivity index (χ4v) is 2.99. The van der Waals surface area contributed by atoms with Crippen LogP contribution in [0.1, 0.15) is 20.8 Å². The minimum absolute atomic E-state index is 0.000994. The number of carbonyl (C=O) groups excluding carboxylic acids is 2. The van der Waals surface area contributed by atoms with Gasteiger partial charge in [0.1, 0.15) is 5.03 Å². The van der Waals surface area contributed by atoms with Gasteiger partial charge in [-0.3, -0.25) is 14.6 Å². The van der Waals surface area contributed by atoms with Crippen molar-refractivity contribution in [2.75, 3.05) is 11.1 Å². The number of nitrogen functional groups attached to an aromatic ring is 1. The summed E-state index contributed by atoms with van der Waals surface area (Å²) < 4.78 is 0. The number of nitrogens with one attached hydrogen (secondary N) is 1. The zero-order chi connectivity index (χ0) is 18.5. The SMILES string of the molecule is NC(=O)c1ccccc1Sc1cnc(N)c(C(=O)Nc2cccnc2)n1. The van der Waals surface area contributed by atoms with Gasteiger partial charge in [-0.05, 0) is 24.3 Å². The van der Waals surface area contributed by atoms with Crippen LogP contribution in [0.5, 0.6) is 0 Å². The van der Waals surface area contributed by atoms with Crippen LogP contribution in [0.3, 0.4) is 0 Å². The minimum Gasteiger partial charge on any atom is -0.382 e. The first-order valence-corrected chi connectivity index (χ1v) is 8.27. The quantitative estimate of drug-likeness (QED) is 0.627. The number of benzene rings is 1. The topological polar surface area (TPSA) is 137 Å². The second kappa shape index (κ2) is 7.62. The van der Waals surface area contributed by atoms with E-state index in [4.69, 9.17) is 11.5 Å². The number of anilines is 2. The predicted molar refractivity (Wildman–Crippen MR) is 97.7 cm³/mol. The summed E-state index contributed by atoms with van der Waals surface area (Å²) in [6, 6.07) is 10.2. The van der Waals surface area contributed by atoms with E-state index < -0.39 is 11.8 Å². The lowest BCUT2D eigenvalue weighted by Crippen LogP contribution is -2.17. The van der Waals surface area contributed by atoms with E-state index in [0.717, 1.165) is 0 Å². The summed E-state index contributed by atoms with van der Waals surface area (Å²) in [5.41, 5.74) is 12.0. The first-order valence-electron chi connectivity index (χ1n) is 7.45. The van der Waals surface area contributed by atoms with Gasteiger partial charge < -0.3 is 16.8 Å². The Balaban J connectivity index is 1.86. The lowest BCUT2D eigenvalue weighted by molar-refractivity contribution is 0.0994. The number of amides is 2. The molecule has 0 aliphatic carbocycles.